The van der Waals surface area contributed by atoms with Gasteiger partial charge in [0, 0.05) is 23.5 Å². The molecule has 1 aliphatic rings. The smallest absolute Gasteiger partial charge is 0.220 e. The van der Waals surface area contributed by atoms with Crippen molar-refractivity contribution in [2.45, 2.75) is 83.3 Å². The number of amides is 1. The maximum absolute atomic E-state index is 13.0. The molecule has 1 N–H and O–H groups in total. The van der Waals surface area contributed by atoms with Crippen LogP contribution in [-0.2, 0) is 10.0 Å². The van der Waals surface area contributed by atoms with Gasteiger partial charge >= 0.3 is 0 Å². The molecule has 1 heterocycles. The Morgan fingerprint density at radius 2 is 1.09 bits per heavy atom. The van der Waals surface area contributed by atoms with E-state index < -0.39 is 18.3 Å². The van der Waals surface area contributed by atoms with E-state index in [4.69, 9.17) is 14.2 Å². The zero-order valence-corrected chi connectivity index (χ0v) is 28.3. The van der Waals surface area contributed by atoms with Crippen molar-refractivity contribution in [3.63, 3.8) is 0 Å². The van der Waals surface area contributed by atoms with Crippen molar-refractivity contribution in [2.75, 3.05) is 27.5 Å². The molecule has 0 bridgehead atoms. The lowest BCUT2D eigenvalue weighted by molar-refractivity contribution is -0.290. The number of nitrogens with zero attached hydrogens (tertiary/aromatic N) is 1. The van der Waals surface area contributed by atoms with Gasteiger partial charge in [-0.2, -0.15) is 0 Å². The first-order valence-corrected chi connectivity index (χ1v) is 17.5. The molecule has 0 saturated carbocycles. The molecule has 1 amide bonds. The highest BCUT2D eigenvalue weighted by Crippen LogP contribution is 2.56. The van der Waals surface area contributed by atoms with Crippen molar-refractivity contribution >= 4 is 29.1 Å². The molecule has 1 aliphatic heterocycles. The third-order valence-corrected chi connectivity index (χ3v) is 13.4. The molecule has 0 aliphatic carbocycles. The SMILES string of the molecule is COc1ccc([P+](CCCCCC(=O)NC2CC(C)(C)N([O])C(C)(C)C2)(c2ccc(OC)cc2)c2ccc(OC)cc2)cc1. The highest BCUT2D eigenvalue weighted by Gasteiger charge is 2.47. The summed E-state index contributed by atoms with van der Waals surface area (Å²) in [6, 6.07) is 25.5. The van der Waals surface area contributed by atoms with Gasteiger partial charge < -0.3 is 19.5 Å². The first-order valence-electron chi connectivity index (χ1n) is 15.5. The molecule has 4 rings (SSSR count). The van der Waals surface area contributed by atoms with Crippen molar-refractivity contribution in [1.82, 2.24) is 10.4 Å². The van der Waals surface area contributed by atoms with Gasteiger partial charge in [0.25, 0.3) is 0 Å². The van der Waals surface area contributed by atoms with Crippen LogP contribution in [0.15, 0.2) is 72.8 Å². The summed E-state index contributed by atoms with van der Waals surface area (Å²) >= 11 is 0. The minimum Gasteiger partial charge on any atom is -0.497 e. The first kappa shape index (κ1) is 33.8. The van der Waals surface area contributed by atoms with Crippen molar-refractivity contribution < 1.29 is 24.2 Å². The highest BCUT2D eigenvalue weighted by molar-refractivity contribution is 7.95. The molecule has 1 saturated heterocycles. The third kappa shape index (κ3) is 7.56. The van der Waals surface area contributed by atoms with Gasteiger partial charge in [0.15, 0.2) is 0 Å². The van der Waals surface area contributed by atoms with E-state index in [1.807, 2.05) is 64.1 Å². The van der Waals surface area contributed by atoms with E-state index in [1.54, 1.807) is 21.3 Å². The van der Waals surface area contributed by atoms with E-state index in [0.29, 0.717) is 19.3 Å². The van der Waals surface area contributed by atoms with Crippen LogP contribution in [0.25, 0.3) is 0 Å². The van der Waals surface area contributed by atoms with Gasteiger partial charge in [0.2, 0.25) is 5.91 Å². The number of carbonyl (C=O) groups excluding carboxylic acids is 1. The number of nitrogens with one attached hydrogen (secondary N) is 1. The van der Waals surface area contributed by atoms with E-state index in [1.165, 1.54) is 21.0 Å². The number of carbonyl (C=O) groups is 1. The van der Waals surface area contributed by atoms with Gasteiger partial charge in [-0.15, -0.1) is 10.3 Å². The fourth-order valence-corrected chi connectivity index (χ4v) is 11.2. The quantitative estimate of drug-likeness (QED) is 0.186. The number of hydrogen-bond acceptors (Lipinski definition) is 5. The van der Waals surface area contributed by atoms with Crippen LogP contribution in [0.4, 0.5) is 0 Å². The Labute approximate surface area is 264 Å². The molecule has 7 nitrogen and oxygen atoms in total. The monoisotopic (exact) mass is 620 g/mol. The van der Waals surface area contributed by atoms with Crippen LogP contribution in [0, 0.1) is 0 Å². The molecule has 237 valence electrons. The number of ether oxygens (including phenoxy) is 3. The predicted octanol–water partition coefficient (Wildman–Crippen LogP) is 6.05. The van der Waals surface area contributed by atoms with Crippen LogP contribution in [0.2, 0.25) is 0 Å². The second kappa shape index (κ2) is 14.3. The number of benzene rings is 3. The fourth-order valence-electron chi connectivity index (χ4n) is 6.82. The Morgan fingerprint density at radius 1 is 0.705 bits per heavy atom. The molecule has 0 atom stereocenters. The van der Waals surface area contributed by atoms with Gasteiger partial charge in [-0.25, -0.2) is 0 Å². The second-order valence-electron chi connectivity index (χ2n) is 13.0. The van der Waals surface area contributed by atoms with Crippen LogP contribution in [0.3, 0.4) is 0 Å². The summed E-state index contributed by atoms with van der Waals surface area (Å²) in [5.74, 6) is 2.56. The average Bonchev–Trinajstić information content (AvgIpc) is 3.02. The van der Waals surface area contributed by atoms with E-state index in [9.17, 15) is 10.0 Å². The van der Waals surface area contributed by atoms with Gasteiger partial charge in [-0.05, 0) is 133 Å². The lowest BCUT2D eigenvalue weighted by Gasteiger charge is -2.50. The van der Waals surface area contributed by atoms with E-state index in [2.05, 4.69) is 41.7 Å². The molecule has 44 heavy (non-hydrogen) atoms. The molecular formula is C36H49N2O5P+. The number of methoxy groups -OCH3 is 3. The van der Waals surface area contributed by atoms with Gasteiger partial charge in [-0.3, -0.25) is 4.79 Å². The lowest BCUT2D eigenvalue weighted by Crippen LogP contribution is -2.62. The number of hydrogen-bond donors (Lipinski definition) is 1. The van der Waals surface area contributed by atoms with E-state index in [-0.39, 0.29) is 11.9 Å². The maximum Gasteiger partial charge on any atom is 0.220 e. The van der Waals surface area contributed by atoms with Crippen molar-refractivity contribution in [3.8, 4) is 17.2 Å². The summed E-state index contributed by atoms with van der Waals surface area (Å²) in [6.07, 6.45) is 5.48. The van der Waals surface area contributed by atoms with Gasteiger partial charge in [0.1, 0.15) is 40.4 Å². The summed E-state index contributed by atoms with van der Waals surface area (Å²) in [5, 5.41) is 21.0. The minimum atomic E-state index is -2.07. The Hall–Kier alpha value is -3.12. The summed E-state index contributed by atoms with van der Waals surface area (Å²) in [5.41, 5.74) is -1.01. The van der Waals surface area contributed by atoms with E-state index >= 15 is 0 Å². The zero-order valence-electron chi connectivity index (χ0n) is 27.4. The van der Waals surface area contributed by atoms with Gasteiger partial charge in [-0.1, -0.05) is 0 Å². The Kier molecular flexibility index (Phi) is 11.0. The molecule has 0 unspecified atom stereocenters. The molecule has 8 heteroatoms. The van der Waals surface area contributed by atoms with Crippen LogP contribution in [0.5, 0.6) is 17.2 Å². The maximum atomic E-state index is 13.0. The fraction of sp³-hybridized carbons (Fsp3) is 0.472. The molecule has 1 fully saturated rings. The van der Waals surface area contributed by atoms with Crippen LogP contribution < -0.4 is 35.4 Å². The third-order valence-electron chi connectivity index (χ3n) is 8.89. The number of rotatable bonds is 13. The van der Waals surface area contributed by atoms with Crippen molar-refractivity contribution in [3.05, 3.63) is 72.8 Å². The lowest BCUT2D eigenvalue weighted by atomic mass is 9.79. The summed E-state index contributed by atoms with van der Waals surface area (Å²) in [6.45, 7) is 7.85. The number of piperidine rings is 1. The van der Waals surface area contributed by atoms with Crippen molar-refractivity contribution in [2.24, 2.45) is 0 Å². The van der Waals surface area contributed by atoms with Gasteiger partial charge in [0.05, 0.1) is 27.5 Å². The normalized spacial score (nSPS) is 16.7. The van der Waals surface area contributed by atoms with Crippen LogP contribution in [0.1, 0.15) is 66.2 Å². The Bertz CT molecular complexity index is 1220. The number of hydroxylamine groups is 2. The molecule has 3 aromatic carbocycles. The largest absolute Gasteiger partial charge is 0.497 e. The van der Waals surface area contributed by atoms with Crippen LogP contribution >= 0.6 is 7.26 Å². The molecule has 0 spiro atoms. The summed E-state index contributed by atoms with van der Waals surface area (Å²) in [4.78, 5) is 13.0. The van der Waals surface area contributed by atoms with E-state index in [0.717, 1.165) is 42.7 Å². The van der Waals surface area contributed by atoms with Crippen LogP contribution in [-0.4, -0.2) is 55.6 Å². The topological polar surface area (TPSA) is 79.9 Å². The summed E-state index contributed by atoms with van der Waals surface area (Å²) < 4.78 is 16.5. The predicted molar refractivity (Wildman–Crippen MR) is 180 cm³/mol. The second-order valence-corrected chi connectivity index (χ2v) is 16.6. The summed E-state index contributed by atoms with van der Waals surface area (Å²) in [7, 11) is 2.99. The molecular weight excluding hydrogens is 571 g/mol. The minimum absolute atomic E-state index is 0.0106. The standard InChI is InChI=1S/C36H48N2O5P/c1-35(2)25-27(26-36(3,4)38(35)40)37-34(39)11-9-8-10-24-44(31-18-12-28(41-5)13-19-31,32-20-14-29(42-6)15-21-32)33-22-16-30(43-7)17-23-33/h12-23,27H,8-11,24-26H2,1-7H3/p+1. The molecule has 1 radical (unpaired) electrons. The highest BCUT2D eigenvalue weighted by atomic mass is 31.2. The first-order chi connectivity index (χ1) is 20.9. The van der Waals surface area contributed by atoms with Crippen molar-refractivity contribution in [1.29, 1.82) is 0 Å². The molecule has 0 aromatic heterocycles. The Balaban J connectivity index is 1.52. The number of unbranched alkanes of at least 4 members (excludes halogenated alkanes) is 2. The average molecular weight is 621 g/mol. The Morgan fingerprint density at radius 3 is 1.45 bits per heavy atom. The molecule has 3 aromatic rings. The zero-order chi connectivity index (χ0) is 32.0.